The van der Waals surface area contributed by atoms with Gasteiger partial charge in [0.2, 0.25) is 0 Å². The molecule has 0 saturated heterocycles. The minimum atomic E-state index is -0.758. The first-order valence-corrected chi connectivity index (χ1v) is 25.5. The van der Waals surface area contributed by atoms with E-state index in [1.807, 2.05) is 0 Å². The maximum absolute atomic E-state index is 12.7. The first kappa shape index (κ1) is 55.4. The molecule has 0 aromatic carbocycles. The topological polar surface area (TPSA) is 78.9 Å². The standard InChI is InChI=1S/C51H98O6/c1-4-7-10-13-16-19-21-23-24-25-26-28-30-33-35-38-41-44-50(53)56-47-48(57-51(54)45-42-39-36-31-18-15-12-9-6-3)46-55-49(52)43-40-37-34-32-29-27-22-20-17-14-11-8-5-2/h48H,4-47H2,1-3H3/t48-/m0/s1. The molecule has 0 aromatic rings. The number of ether oxygens (including phenoxy) is 3. The molecule has 0 fully saturated rings. The van der Waals surface area contributed by atoms with E-state index in [1.165, 1.54) is 193 Å². The number of hydrogen-bond acceptors (Lipinski definition) is 6. The van der Waals surface area contributed by atoms with E-state index < -0.39 is 6.10 Å². The highest BCUT2D eigenvalue weighted by Gasteiger charge is 2.19. The Hall–Kier alpha value is -1.59. The van der Waals surface area contributed by atoms with E-state index in [2.05, 4.69) is 20.8 Å². The summed E-state index contributed by atoms with van der Waals surface area (Å²) in [6.07, 6.45) is 49.4. The molecule has 0 saturated carbocycles. The van der Waals surface area contributed by atoms with Crippen molar-refractivity contribution < 1.29 is 28.6 Å². The van der Waals surface area contributed by atoms with E-state index in [-0.39, 0.29) is 31.1 Å². The van der Waals surface area contributed by atoms with Crippen molar-refractivity contribution in [3.8, 4) is 0 Å². The highest BCUT2D eigenvalue weighted by molar-refractivity contribution is 5.71. The number of hydrogen-bond donors (Lipinski definition) is 0. The summed E-state index contributed by atoms with van der Waals surface area (Å²) in [5, 5.41) is 0. The number of carbonyl (C=O) groups is 3. The lowest BCUT2D eigenvalue weighted by Gasteiger charge is -2.18. The molecule has 0 heterocycles. The monoisotopic (exact) mass is 807 g/mol. The van der Waals surface area contributed by atoms with Crippen LogP contribution in [0.1, 0.15) is 290 Å². The molecule has 1 atom stereocenters. The summed E-state index contributed by atoms with van der Waals surface area (Å²) in [6, 6.07) is 0. The molecule has 0 aliphatic carbocycles. The van der Waals surface area contributed by atoms with Crippen LogP contribution in [0, 0.1) is 0 Å². The van der Waals surface area contributed by atoms with Crippen molar-refractivity contribution >= 4 is 17.9 Å². The second kappa shape index (κ2) is 47.1. The van der Waals surface area contributed by atoms with Gasteiger partial charge in [-0.25, -0.2) is 0 Å². The molecule has 6 nitrogen and oxygen atoms in total. The minimum Gasteiger partial charge on any atom is -0.462 e. The van der Waals surface area contributed by atoms with Gasteiger partial charge in [0, 0.05) is 19.3 Å². The van der Waals surface area contributed by atoms with Crippen LogP contribution in [-0.2, 0) is 28.6 Å². The number of unbranched alkanes of at least 4 members (excludes halogenated alkanes) is 36. The highest BCUT2D eigenvalue weighted by Crippen LogP contribution is 2.17. The molecule has 0 amide bonds. The highest BCUT2D eigenvalue weighted by atomic mass is 16.6. The van der Waals surface area contributed by atoms with Gasteiger partial charge in [-0.3, -0.25) is 14.4 Å². The Bertz CT molecular complexity index is 844. The fraction of sp³-hybridized carbons (Fsp3) is 0.941. The summed E-state index contributed by atoms with van der Waals surface area (Å²) in [7, 11) is 0. The van der Waals surface area contributed by atoms with Crippen molar-refractivity contribution in [1.29, 1.82) is 0 Å². The second-order valence-electron chi connectivity index (χ2n) is 17.5. The van der Waals surface area contributed by atoms with Gasteiger partial charge in [-0.1, -0.05) is 252 Å². The molecule has 0 aliphatic rings. The van der Waals surface area contributed by atoms with Crippen LogP contribution in [0.4, 0.5) is 0 Å². The fourth-order valence-corrected chi connectivity index (χ4v) is 7.74. The van der Waals surface area contributed by atoms with Gasteiger partial charge in [0.15, 0.2) is 6.10 Å². The average Bonchev–Trinajstić information content (AvgIpc) is 3.21. The third-order valence-electron chi connectivity index (χ3n) is 11.6. The smallest absolute Gasteiger partial charge is 0.306 e. The minimum absolute atomic E-state index is 0.0622. The molecule has 338 valence electrons. The summed E-state index contributed by atoms with van der Waals surface area (Å²) in [4.78, 5) is 37.8. The Morgan fingerprint density at radius 3 is 0.702 bits per heavy atom. The number of esters is 3. The molecular weight excluding hydrogens is 709 g/mol. The lowest BCUT2D eigenvalue weighted by molar-refractivity contribution is -0.167. The number of carbonyl (C=O) groups excluding carboxylic acids is 3. The maximum atomic E-state index is 12.7. The zero-order chi connectivity index (χ0) is 41.5. The number of rotatable bonds is 47. The van der Waals surface area contributed by atoms with Crippen LogP contribution in [0.2, 0.25) is 0 Å². The fourth-order valence-electron chi connectivity index (χ4n) is 7.74. The van der Waals surface area contributed by atoms with Crippen molar-refractivity contribution in [2.24, 2.45) is 0 Å². The van der Waals surface area contributed by atoms with Crippen LogP contribution in [0.5, 0.6) is 0 Å². The normalized spacial score (nSPS) is 11.8. The van der Waals surface area contributed by atoms with Crippen molar-refractivity contribution in [3.63, 3.8) is 0 Å². The van der Waals surface area contributed by atoms with E-state index in [0.717, 1.165) is 57.8 Å². The predicted molar refractivity (Wildman–Crippen MR) is 243 cm³/mol. The van der Waals surface area contributed by atoms with E-state index in [4.69, 9.17) is 14.2 Å². The van der Waals surface area contributed by atoms with Crippen LogP contribution < -0.4 is 0 Å². The lowest BCUT2D eigenvalue weighted by atomic mass is 10.0. The first-order chi connectivity index (χ1) is 28.0. The van der Waals surface area contributed by atoms with E-state index >= 15 is 0 Å². The van der Waals surface area contributed by atoms with Gasteiger partial charge in [0.05, 0.1) is 0 Å². The molecule has 0 rings (SSSR count). The molecule has 0 radical (unpaired) electrons. The SMILES string of the molecule is CCCCCCCCCCCCCCCCCCCC(=O)OC[C@H](COC(=O)CCCCCCCCCCCCCCC)OC(=O)CCCCCCCCCCC. The lowest BCUT2D eigenvalue weighted by Crippen LogP contribution is -2.30. The summed E-state index contributed by atoms with van der Waals surface area (Å²) in [6.45, 7) is 6.66. The van der Waals surface area contributed by atoms with Crippen LogP contribution in [-0.4, -0.2) is 37.2 Å². The molecular formula is C51H98O6. The Morgan fingerprint density at radius 1 is 0.281 bits per heavy atom. The molecule has 6 heteroatoms. The van der Waals surface area contributed by atoms with E-state index in [1.54, 1.807) is 0 Å². The molecule has 57 heavy (non-hydrogen) atoms. The van der Waals surface area contributed by atoms with Crippen LogP contribution in [0.3, 0.4) is 0 Å². The Balaban J connectivity index is 4.22. The van der Waals surface area contributed by atoms with Gasteiger partial charge >= 0.3 is 17.9 Å². The van der Waals surface area contributed by atoms with Gasteiger partial charge in [-0.05, 0) is 19.3 Å². The van der Waals surface area contributed by atoms with Crippen molar-refractivity contribution in [1.82, 2.24) is 0 Å². The molecule has 0 aromatic heterocycles. The molecule has 0 aliphatic heterocycles. The first-order valence-electron chi connectivity index (χ1n) is 25.5. The zero-order valence-electron chi connectivity index (χ0n) is 38.6. The van der Waals surface area contributed by atoms with Gasteiger partial charge in [-0.15, -0.1) is 0 Å². The van der Waals surface area contributed by atoms with Gasteiger partial charge in [-0.2, -0.15) is 0 Å². The predicted octanol–water partition coefficient (Wildman–Crippen LogP) is 16.4. The molecule has 0 N–H and O–H groups in total. The van der Waals surface area contributed by atoms with Gasteiger partial charge in [0.25, 0.3) is 0 Å². The third kappa shape index (κ3) is 45.3. The van der Waals surface area contributed by atoms with Crippen LogP contribution in [0.25, 0.3) is 0 Å². The summed E-state index contributed by atoms with van der Waals surface area (Å²) >= 11 is 0. The summed E-state index contributed by atoms with van der Waals surface area (Å²) in [5.74, 6) is -0.846. The van der Waals surface area contributed by atoms with Crippen molar-refractivity contribution in [3.05, 3.63) is 0 Å². The van der Waals surface area contributed by atoms with Crippen molar-refractivity contribution in [2.45, 2.75) is 297 Å². The molecule has 0 spiro atoms. The second-order valence-corrected chi connectivity index (χ2v) is 17.5. The Kier molecular flexibility index (Phi) is 45.8. The van der Waals surface area contributed by atoms with Crippen molar-refractivity contribution in [2.75, 3.05) is 13.2 Å². The Labute approximate surface area is 355 Å². The van der Waals surface area contributed by atoms with E-state index in [0.29, 0.717) is 19.3 Å². The van der Waals surface area contributed by atoms with Crippen LogP contribution in [0.15, 0.2) is 0 Å². The third-order valence-corrected chi connectivity index (χ3v) is 11.6. The summed E-state index contributed by atoms with van der Waals surface area (Å²) in [5.41, 5.74) is 0. The molecule has 0 unspecified atom stereocenters. The largest absolute Gasteiger partial charge is 0.462 e. The van der Waals surface area contributed by atoms with Gasteiger partial charge < -0.3 is 14.2 Å². The quantitative estimate of drug-likeness (QED) is 0.0346. The van der Waals surface area contributed by atoms with E-state index in [9.17, 15) is 14.4 Å². The zero-order valence-corrected chi connectivity index (χ0v) is 38.6. The van der Waals surface area contributed by atoms with Crippen LogP contribution >= 0.6 is 0 Å². The molecule has 0 bridgehead atoms. The maximum Gasteiger partial charge on any atom is 0.306 e. The average molecular weight is 807 g/mol. The Morgan fingerprint density at radius 2 is 0.474 bits per heavy atom. The van der Waals surface area contributed by atoms with Gasteiger partial charge in [0.1, 0.15) is 13.2 Å². The summed E-state index contributed by atoms with van der Waals surface area (Å²) < 4.78 is 16.8.